The molecule has 0 radical (unpaired) electrons. The summed E-state index contributed by atoms with van der Waals surface area (Å²) < 4.78 is 39.4. The quantitative estimate of drug-likeness (QED) is 0.796. The topological polar surface area (TPSA) is 46.4 Å². The molecule has 3 rings (SSSR count). The van der Waals surface area contributed by atoms with Gasteiger partial charge < -0.3 is 9.72 Å². The van der Waals surface area contributed by atoms with E-state index in [0.717, 1.165) is 23.5 Å². The number of rotatable bonds is 4. The largest absolute Gasteiger partial charge is 0.416 e. The lowest BCUT2D eigenvalue weighted by Crippen LogP contribution is -2.25. The molecule has 1 aromatic carbocycles. The van der Waals surface area contributed by atoms with E-state index in [1.165, 1.54) is 12.1 Å². The molecule has 24 heavy (non-hydrogen) atoms. The molecule has 0 aliphatic rings. The number of alkyl halides is 3. The fourth-order valence-electron chi connectivity index (χ4n) is 2.32. The van der Waals surface area contributed by atoms with Crippen molar-refractivity contribution in [3.05, 3.63) is 71.7 Å². The fourth-order valence-corrected chi connectivity index (χ4v) is 2.32. The number of pyridine rings is 1. The van der Waals surface area contributed by atoms with Crippen LogP contribution in [0.15, 0.2) is 54.9 Å². The Bertz CT molecular complexity index is 820. The van der Waals surface area contributed by atoms with Gasteiger partial charge in [0.1, 0.15) is 5.65 Å². The summed E-state index contributed by atoms with van der Waals surface area (Å²) in [6.45, 7) is 0.351. The van der Waals surface area contributed by atoms with Gasteiger partial charge in [0.15, 0.2) is 0 Å². The normalized spacial score (nSPS) is 11.6. The van der Waals surface area contributed by atoms with Gasteiger partial charge in [-0.25, -0.2) is 4.98 Å². The zero-order chi connectivity index (χ0) is 17.2. The van der Waals surface area contributed by atoms with Gasteiger partial charge >= 0.3 is 6.18 Å². The van der Waals surface area contributed by atoms with Crippen LogP contribution in [0, 0.1) is 0 Å². The van der Waals surface area contributed by atoms with Gasteiger partial charge in [0.05, 0.1) is 11.3 Å². The molecule has 0 unspecified atom stereocenters. The summed E-state index contributed by atoms with van der Waals surface area (Å²) in [5, 5.41) is 2.68. The standard InChI is InChI=1S/C17H14F3N3O/c18-17(19,20)13-6-4-12(5-7-13)16(24)21-9-8-14-11-23-10-2-1-3-15(23)22-14/h1-7,10-11H,8-9H2,(H,21,24). The number of halogens is 3. The molecule has 4 nitrogen and oxygen atoms in total. The number of carbonyl (C=O) groups excluding carboxylic acids is 1. The molecule has 1 amide bonds. The number of amides is 1. The van der Waals surface area contributed by atoms with Crippen molar-refractivity contribution in [2.45, 2.75) is 12.6 Å². The van der Waals surface area contributed by atoms with E-state index in [1.54, 1.807) is 0 Å². The van der Waals surface area contributed by atoms with Crippen LogP contribution in [-0.4, -0.2) is 21.8 Å². The van der Waals surface area contributed by atoms with Crippen LogP contribution in [0.4, 0.5) is 13.2 Å². The van der Waals surface area contributed by atoms with Crippen LogP contribution in [0.3, 0.4) is 0 Å². The summed E-state index contributed by atoms with van der Waals surface area (Å²) in [6, 6.07) is 9.80. The summed E-state index contributed by atoms with van der Waals surface area (Å²) >= 11 is 0. The van der Waals surface area contributed by atoms with Gasteiger partial charge in [-0.15, -0.1) is 0 Å². The van der Waals surface area contributed by atoms with E-state index < -0.39 is 17.6 Å². The van der Waals surface area contributed by atoms with E-state index in [4.69, 9.17) is 0 Å². The summed E-state index contributed by atoms with van der Waals surface area (Å²) in [6.07, 6.45) is -0.113. The van der Waals surface area contributed by atoms with E-state index in [-0.39, 0.29) is 5.56 Å². The van der Waals surface area contributed by atoms with Crippen molar-refractivity contribution < 1.29 is 18.0 Å². The van der Waals surface area contributed by atoms with Crippen molar-refractivity contribution in [3.8, 4) is 0 Å². The predicted molar refractivity (Wildman–Crippen MR) is 82.7 cm³/mol. The zero-order valence-corrected chi connectivity index (χ0v) is 12.5. The van der Waals surface area contributed by atoms with Gasteiger partial charge in [-0.3, -0.25) is 4.79 Å². The zero-order valence-electron chi connectivity index (χ0n) is 12.5. The second-order valence-electron chi connectivity index (χ2n) is 5.28. The number of nitrogens with zero attached hydrogens (tertiary/aromatic N) is 2. The highest BCUT2D eigenvalue weighted by Gasteiger charge is 2.30. The van der Waals surface area contributed by atoms with E-state index in [2.05, 4.69) is 10.3 Å². The predicted octanol–water partition coefficient (Wildman–Crippen LogP) is 3.33. The smallest absolute Gasteiger partial charge is 0.352 e. The Kier molecular flexibility index (Phi) is 4.24. The SMILES string of the molecule is O=C(NCCc1cn2ccccc2n1)c1ccc(C(F)(F)F)cc1. The maximum absolute atomic E-state index is 12.5. The van der Waals surface area contributed by atoms with Crippen molar-refractivity contribution in [2.75, 3.05) is 6.54 Å². The highest BCUT2D eigenvalue weighted by molar-refractivity contribution is 5.94. The van der Waals surface area contributed by atoms with Gasteiger partial charge in [-0.2, -0.15) is 13.2 Å². The van der Waals surface area contributed by atoms with Crippen LogP contribution in [0.25, 0.3) is 5.65 Å². The minimum Gasteiger partial charge on any atom is -0.352 e. The second kappa shape index (κ2) is 6.35. The Morgan fingerprint density at radius 2 is 1.88 bits per heavy atom. The lowest BCUT2D eigenvalue weighted by Gasteiger charge is -2.08. The average molecular weight is 333 g/mol. The molecular formula is C17H14F3N3O. The third-order valence-electron chi connectivity index (χ3n) is 3.55. The van der Waals surface area contributed by atoms with Crippen molar-refractivity contribution in [1.82, 2.24) is 14.7 Å². The van der Waals surface area contributed by atoms with Gasteiger partial charge in [0, 0.05) is 30.9 Å². The Labute approximate surface area is 135 Å². The highest BCUT2D eigenvalue weighted by Crippen LogP contribution is 2.29. The first kappa shape index (κ1) is 16.0. The Morgan fingerprint density at radius 3 is 2.54 bits per heavy atom. The van der Waals surface area contributed by atoms with Crippen LogP contribution >= 0.6 is 0 Å². The molecule has 1 N–H and O–H groups in total. The van der Waals surface area contributed by atoms with E-state index in [9.17, 15) is 18.0 Å². The molecule has 2 aromatic heterocycles. The molecule has 0 spiro atoms. The number of imidazole rings is 1. The minimum atomic E-state index is -4.40. The molecule has 0 atom stereocenters. The second-order valence-corrected chi connectivity index (χ2v) is 5.28. The first-order valence-corrected chi connectivity index (χ1v) is 7.31. The number of carbonyl (C=O) groups is 1. The monoisotopic (exact) mass is 333 g/mol. The minimum absolute atomic E-state index is 0.193. The summed E-state index contributed by atoms with van der Waals surface area (Å²) in [4.78, 5) is 16.4. The lowest BCUT2D eigenvalue weighted by atomic mass is 10.1. The molecule has 2 heterocycles. The summed E-state index contributed by atoms with van der Waals surface area (Å²) in [5.41, 5.74) is 1.07. The molecule has 124 valence electrons. The fraction of sp³-hybridized carbons (Fsp3) is 0.176. The first-order valence-electron chi connectivity index (χ1n) is 7.31. The Balaban J connectivity index is 1.57. The van der Waals surface area contributed by atoms with Crippen LogP contribution < -0.4 is 5.32 Å². The maximum atomic E-state index is 12.5. The molecule has 0 bridgehead atoms. The van der Waals surface area contributed by atoms with Gasteiger partial charge in [-0.05, 0) is 36.4 Å². The lowest BCUT2D eigenvalue weighted by molar-refractivity contribution is -0.137. The van der Waals surface area contributed by atoms with Crippen LogP contribution in [0.5, 0.6) is 0 Å². The van der Waals surface area contributed by atoms with Gasteiger partial charge in [0.2, 0.25) is 0 Å². The van der Waals surface area contributed by atoms with Crippen molar-refractivity contribution in [1.29, 1.82) is 0 Å². The van der Waals surface area contributed by atoms with Crippen molar-refractivity contribution >= 4 is 11.6 Å². The van der Waals surface area contributed by atoms with E-state index >= 15 is 0 Å². The molecule has 7 heteroatoms. The van der Waals surface area contributed by atoms with Gasteiger partial charge in [0.25, 0.3) is 5.91 Å². The van der Waals surface area contributed by atoms with Crippen LogP contribution in [0.1, 0.15) is 21.6 Å². The van der Waals surface area contributed by atoms with Gasteiger partial charge in [-0.1, -0.05) is 6.07 Å². The summed E-state index contributed by atoms with van der Waals surface area (Å²) in [5.74, 6) is -0.410. The molecule has 0 saturated heterocycles. The van der Waals surface area contributed by atoms with Crippen LogP contribution in [0.2, 0.25) is 0 Å². The van der Waals surface area contributed by atoms with Crippen molar-refractivity contribution in [3.63, 3.8) is 0 Å². The Hall–Kier alpha value is -2.83. The molecule has 0 saturated carbocycles. The average Bonchev–Trinajstić information content (AvgIpc) is 2.96. The van der Waals surface area contributed by atoms with E-state index in [1.807, 2.05) is 35.0 Å². The molecule has 0 aliphatic carbocycles. The number of nitrogens with one attached hydrogen (secondary N) is 1. The highest BCUT2D eigenvalue weighted by atomic mass is 19.4. The molecule has 0 fully saturated rings. The summed E-state index contributed by atoms with van der Waals surface area (Å²) in [7, 11) is 0. The number of benzene rings is 1. The van der Waals surface area contributed by atoms with Crippen molar-refractivity contribution in [2.24, 2.45) is 0 Å². The molecular weight excluding hydrogens is 319 g/mol. The Morgan fingerprint density at radius 1 is 1.12 bits per heavy atom. The molecule has 0 aliphatic heterocycles. The third kappa shape index (κ3) is 3.56. The molecule has 3 aromatic rings. The third-order valence-corrected chi connectivity index (χ3v) is 3.55. The maximum Gasteiger partial charge on any atom is 0.416 e. The van der Waals surface area contributed by atoms with E-state index in [0.29, 0.717) is 13.0 Å². The van der Waals surface area contributed by atoms with Crippen LogP contribution in [-0.2, 0) is 12.6 Å². The number of hydrogen-bond donors (Lipinski definition) is 1. The number of aromatic nitrogens is 2. The number of fused-ring (bicyclic) bond motifs is 1. The first-order chi connectivity index (χ1) is 11.4. The number of hydrogen-bond acceptors (Lipinski definition) is 2.